The first-order chi connectivity index (χ1) is 14.9. The van der Waals surface area contributed by atoms with E-state index < -0.39 is 0 Å². The van der Waals surface area contributed by atoms with Gasteiger partial charge < -0.3 is 14.7 Å². The molecule has 3 heterocycles. The van der Waals surface area contributed by atoms with Crippen molar-refractivity contribution in [3.05, 3.63) is 41.9 Å². The summed E-state index contributed by atoms with van der Waals surface area (Å²) in [6.45, 7) is 6.66. The van der Waals surface area contributed by atoms with E-state index in [0.29, 0.717) is 41.7 Å². The maximum absolute atomic E-state index is 12.9. The van der Waals surface area contributed by atoms with Crippen molar-refractivity contribution in [1.82, 2.24) is 30.0 Å². The Morgan fingerprint density at radius 2 is 2.00 bits per heavy atom. The molecule has 3 aromatic rings. The highest BCUT2D eigenvalue weighted by molar-refractivity contribution is 5.96. The zero-order valence-electron chi connectivity index (χ0n) is 17.8. The molecule has 0 aliphatic carbocycles. The highest BCUT2D eigenvalue weighted by Gasteiger charge is 2.26. The zero-order chi connectivity index (χ0) is 22.0. The van der Waals surface area contributed by atoms with Crippen molar-refractivity contribution >= 4 is 17.5 Å². The van der Waals surface area contributed by atoms with Crippen LogP contribution < -0.4 is 5.32 Å². The van der Waals surface area contributed by atoms with Gasteiger partial charge in [0.25, 0.3) is 11.8 Å². The van der Waals surface area contributed by atoms with Crippen molar-refractivity contribution in [3.8, 4) is 11.6 Å². The zero-order valence-corrected chi connectivity index (χ0v) is 17.8. The van der Waals surface area contributed by atoms with Crippen molar-refractivity contribution in [1.29, 1.82) is 0 Å². The Bertz CT molecular complexity index is 1080. The molecular formula is C21H25N7O3. The van der Waals surface area contributed by atoms with Crippen LogP contribution in [0.2, 0.25) is 0 Å². The van der Waals surface area contributed by atoms with E-state index in [1.807, 2.05) is 29.6 Å². The van der Waals surface area contributed by atoms with Crippen LogP contribution in [0, 0.1) is 0 Å². The predicted molar refractivity (Wildman–Crippen MR) is 112 cm³/mol. The van der Waals surface area contributed by atoms with Crippen molar-refractivity contribution < 1.29 is 14.1 Å². The molecule has 0 bridgehead atoms. The summed E-state index contributed by atoms with van der Waals surface area (Å²) in [6.07, 6.45) is 3.35. The second-order valence-electron chi connectivity index (χ2n) is 7.98. The maximum Gasteiger partial charge on any atom is 0.280 e. The van der Waals surface area contributed by atoms with Gasteiger partial charge in [0.1, 0.15) is 0 Å². The Labute approximate surface area is 179 Å². The predicted octanol–water partition coefficient (Wildman–Crippen LogP) is 2.89. The number of carbonyl (C=O) groups is 2. The number of piperidine rings is 1. The van der Waals surface area contributed by atoms with E-state index in [2.05, 4.69) is 25.8 Å². The third-order valence-corrected chi connectivity index (χ3v) is 5.24. The average Bonchev–Trinajstić information content (AvgIpc) is 3.43. The van der Waals surface area contributed by atoms with Crippen LogP contribution >= 0.6 is 0 Å². The largest absolute Gasteiger partial charge is 0.338 e. The molecule has 2 amide bonds. The number of hydrogen-bond acceptors (Lipinski definition) is 7. The summed E-state index contributed by atoms with van der Waals surface area (Å²) < 4.78 is 7.10. The fraction of sp³-hybridized carbons (Fsp3) is 0.429. The average molecular weight is 423 g/mol. The molecule has 0 spiro atoms. The first kappa shape index (κ1) is 20.7. The summed E-state index contributed by atoms with van der Waals surface area (Å²) in [7, 11) is 0. The van der Waals surface area contributed by atoms with Gasteiger partial charge in [-0.05, 0) is 31.0 Å². The Kier molecular flexibility index (Phi) is 5.79. The van der Waals surface area contributed by atoms with E-state index >= 15 is 0 Å². The number of aromatic nitrogens is 5. The minimum atomic E-state index is -0.168. The Balaban J connectivity index is 1.38. The summed E-state index contributed by atoms with van der Waals surface area (Å²) in [5, 5.41) is 15.1. The van der Waals surface area contributed by atoms with Crippen LogP contribution in [0.1, 0.15) is 61.8 Å². The second-order valence-corrected chi connectivity index (χ2v) is 7.98. The first-order valence-electron chi connectivity index (χ1n) is 10.3. The van der Waals surface area contributed by atoms with Crippen molar-refractivity contribution in [2.45, 2.75) is 45.6 Å². The molecule has 10 nitrogen and oxygen atoms in total. The molecule has 4 rings (SSSR count). The molecule has 2 aromatic heterocycles. The van der Waals surface area contributed by atoms with Gasteiger partial charge in [-0.25, -0.2) is 4.68 Å². The van der Waals surface area contributed by atoms with Gasteiger partial charge in [0.15, 0.2) is 11.5 Å². The van der Waals surface area contributed by atoms with Gasteiger partial charge in [0, 0.05) is 37.2 Å². The summed E-state index contributed by atoms with van der Waals surface area (Å²) >= 11 is 0. The topological polar surface area (TPSA) is 119 Å². The summed E-state index contributed by atoms with van der Waals surface area (Å²) in [4.78, 5) is 30.3. The number of amides is 2. The summed E-state index contributed by atoms with van der Waals surface area (Å²) in [6, 6.07) is 7.14. The number of benzene rings is 1. The Hall–Kier alpha value is -3.56. The highest BCUT2D eigenvalue weighted by Crippen LogP contribution is 2.25. The molecule has 162 valence electrons. The van der Waals surface area contributed by atoms with Crippen LogP contribution in [0.5, 0.6) is 0 Å². The van der Waals surface area contributed by atoms with Gasteiger partial charge in [-0.1, -0.05) is 30.3 Å². The molecule has 31 heavy (non-hydrogen) atoms. The lowest BCUT2D eigenvalue weighted by atomic mass is 10.0. The van der Waals surface area contributed by atoms with Crippen LogP contribution in [-0.2, 0) is 4.79 Å². The third kappa shape index (κ3) is 4.62. The fourth-order valence-corrected chi connectivity index (χ4v) is 3.58. The molecule has 1 N–H and O–H groups in total. The highest BCUT2D eigenvalue weighted by atomic mass is 16.5. The van der Waals surface area contributed by atoms with Crippen LogP contribution in [0.3, 0.4) is 0 Å². The van der Waals surface area contributed by atoms with E-state index in [1.54, 1.807) is 24.3 Å². The summed E-state index contributed by atoms with van der Waals surface area (Å²) in [5.41, 5.74) is 1.72. The first-order valence-corrected chi connectivity index (χ1v) is 10.3. The van der Waals surface area contributed by atoms with Crippen LogP contribution in [-0.4, -0.2) is 54.9 Å². The van der Waals surface area contributed by atoms with Crippen molar-refractivity contribution in [2.75, 3.05) is 18.4 Å². The Morgan fingerprint density at radius 1 is 1.23 bits per heavy atom. The number of anilines is 1. The lowest BCUT2D eigenvalue weighted by molar-refractivity contribution is -0.114. The molecule has 0 atom stereocenters. The molecule has 0 saturated carbocycles. The van der Waals surface area contributed by atoms with E-state index in [4.69, 9.17) is 4.52 Å². The SMILES string of the molecule is CC(=O)Nc1cccc(C(=O)N2CCC(n3cc(-c4nc(C(C)C)no4)nn3)CC2)c1. The van der Waals surface area contributed by atoms with Crippen molar-refractivity contribution in [2.24, 2.45) is 0 Å². The lowest BCUT2D eigenvalue weighted by Gasteiger charge is -2.32. The number of nitrogens with zero attached hydrogens (tertiary/aromatic N) is 6. The van der Waals surface area contributed by atoms with Crippen LogP contribution in [0.15, 0.2) is 35.0 Å². The summed E-state index contributed by atoms with van der Waals surface area (Å²) in [5.74, 6) is 0.962. The van der Waals surface area contributed by atoms with E-state index in [9.17, 15) is 9.59 Å². The molecule has 0 unspecified atom stereocenters. The molecule has 1 aromatic carbocycles. The number of rotatable bonds is 5. The Morgan fingerprint density at radius 3 is 2.68 bits per heavy atom. The van der Waals surface area contributed by atoms with E-state index in [1.165, 1.54) is 6.92 Å². The molecule has 1 saturated heterocycles. The number of hydrogen-bond donors (Lipinski definition) is 1. The minimum Gasteiger partial charge on any atom is -0.338 e. The molecule has 0 radical (unpaired) electrons. The van der Waals surface area contributed by atoms with E-state index in [-0.39, 0.29) is 23.8 Å². The number of nitrogens with one attached hydrogen (secondary N) is 1. The van der Waals surface area contributed by atoms with Gasteiger partial charge in [0.2, 0.25) is 5.91 Å². The monoisotopic (exact) mass is 423 g/mol. The molecule has 1 aliphatic heterocycles. The lowest BCUT2D eigenvalue weighted by Crippen LogP contribution is -2.39. The number of carbonyl (C=O) groups excluding carboxylic acids is 2. The van der Waals surface area contributed by atoms with Crippen LogP contribution in [0.4, 0.5) is 5.69 Å². The van der Waals surface area contributed by atoms with Crippen molar-refractivity contribution in [3.63, 3.8) is 0 Å². The second kappa shape index (κ2) is 8.66. The fourth-order valence-electron chi connectivity index (χ4n) is 3.58. The molecule has 10 heteroatoms. The third-order valence-electron chi connectivity index (χ3n) is 5.24. The van der Waals surface area contributed by atoms with Gasteiger partial charge in [-0.15, -0.1) is 5.10 Å². The van der Waals surface area contributed by atoms with Gasteiger partial charge in [-0.2, -0.15) is 4.98 Å². The van der Waals surface area contributed by atoms with Crippen LogP contribution in [0.25, 0.3) is 11.6 Å². The van der Waals surface area contributed by atoms with Gasteiger partial charge in [0.05, 0.1) is 12.2 Å². The smallest absolute Gasteiger partial charge is 0.280 e. The quantitative estimate of drug-likeness (QED) is 0.670. The standard InChI is InChI=1S/C21H25N7O3/c1-13(2)19-23-20(31-25-19)18-12-28(26-24-18)17-7-9-27(10-8-17)21(30)15-5-4-6-16(11-15)22-14(3)29/h4-6,11-13,17H,7-10H2,1-3H3,(H,22,29). The maximum atomic E-state index is 12.9. The van der Waals surface area contributed by atoms with Gasteiger partial charge >= 0.3 is 0 Å². The van der Waals surface area contributed by atoms with E-state index in [0.717, 1.165) is 12.8 Å². The normalized spacial score (nSPS) is 14.8. The van der Waals surface area contributed by atoms with Gasteiger partial charge in [-0.3, -0.25) is 9.59 Å². The molecule has 1 aliphatic rings. The minimum absolute atomic E-state index is 0.0444. The molecular weight excluding hydrogens is 398 g/mol. The number of likely N-dealkylation sites (tertiary alicyclic amines) is 1. The molecule has 1 fully saturated rings.